The van der Waals surface area contributed by atoms with E-state index >= 15 is 0 Å². The second-order valence-corrected chi connectivity index (χ2v) is 6.44. The summed E-state index contributed by atoms with van der Waals surface area (Å²) >= 11 is 12.0. The first-order chi connectivity index (χ1) is 8.07. The Morgan fingerprint density at radius 3 is 2.28 bits per heavy atom. The molecule has 0 unspecified atom stereocenters. The van der Waals surface area contributed by atoms with Crippen molar-refractivity contribution in [2.24, 2.45) is 11.1 Å². The predicted molar refractivity (Wildman–Crippen MR) is 77.2 cm³/mol. The summed E-state index contributed by atoms with van der Waals surface area (Å²) in [4.78, 5) is 12.4. The van der Waals surface area contributed by atoms with E-state index in [0.29, 0.717) is 10.0 Å². The van der Waals surface area contributed by atoms with Crippen LogP contribution in [0.1, 0.15) is 33.3 Å². The number of hydrogen-bond donors (Lipinski definition) is 1. The molecule has 0 spiro atoms. The highest BCUT2D eigenvalue weighted by Gasteiger charge is 2.39. The molecule has 4 heteroatoms. The van der Waals surface area contributed by atoms with Crippen LogP contribution in [-0.2, 0) is 11.2 Å². The average Bonchev–Trinajstić information content (AvgIpc) is 2.23. The molecule has 2 N–H and O–H groups in total. The van der Waals surface area contributed by atoms with Crippen LogP contribution in [0, 0.1) is 5.41 Å². The van der Waals surface area contributed by atoms with E-state index in [2.05, 4.69) is 0 Å². The van der Waals surface area contributed by atoms with E-state index < -0.39 is 11.0 Å². The van der Waals surface area contributed by atoms with Crippen molar-refractivity contribution in [3.8, 4) is 0 Å². The maximum Gasteiger partial charge on any atom is 0.144 e. The Morgan fingerprint density at radius 1 is 1.22 bits per heavy atom. The zero-order valence-electron chi connectivity index (χ0n) is 11.2. The molecule has 100 valence electrons. The summed E-state index contributed by atoms with van der Waals surface area (Å²) in [6.45, 7) is 7.41. The van der Waals surface area contributed by atoms with Gasteiger partial charge in [0.1, 0.15) is 5.78 Å². The van der Waals surface area contributed by atoms with E-state index in [-0.39, 0.29) is 12.2 Å². The Bertz CT molecular complexity index is 461. The van der Waals surface area contributed by atoms with Crippen molar-refractivity contribution in [2.75, 3.05) is 0 Å². The molecule has 18 heavy (non-hydrogen) atoms. The van der Waals surface area contributed by atoms with Gasteiger partial charge in [0.2, 0.25) is 0 Å². The molecular weight excluding hydrogens is 269 g/mol. The van der Waals surface area contributed by atoms with Crippen LogP contribution in [0.25, 0.3) is 0 Å². The third kappa shape index (κ3) is 3.05. The van der Waals surface area contributed by atoms with E-state index in [1.165, 1.54) is 0 Å². The van der Waals surface area contributed by atoms with Crippen molar-refractivity contribution in [3.63, 3.8) is 0 Å². The van der Waals surface area contributed by atoms with Gasteiger partial charge < -0.3 is 5.73 Å². The summed E-state index contributed by atoms with van der Waals surface area (Å²) in [6.07, 6.45) is 0.243. The van der Waals surface area contributed by atoms with Gasteiger partial charge in [-0.15, -0.1) is 0 Å². The van der Waals surface area contributed by atoms with Crippen LogP contribution in [0.15, 0.2) is 18.2 Å². The minimum Gasteiger partial charge on any atom is -0.325 e. The van der Waals surface area contributed by atoms with Gasteiger partial charge in [0.15, 0.2) is 0 Å². The topological polar surface area (TPSA) is 43.1 Å². The van der Waals surface area contributed by atoms with Gasteiger partial charge in [0, 0.05) is 17.4 Å². The first-order valence-electron chi connectivity index (χ1n) is 5.82. The monoisotopic (exact) mass is 287 g/mol. The van der Waals surface area contributed by atoms with Crippen LogP contribution in [0.4, 0.5) is 0 Å². The smallest absolute Gasteiger partial charge is 0.144 e. The molecule has 0 aromatic heterocycles. The van der Waals surface area contributed by atoms with Gasteiger partial charge in [-0.2, -0.15) is 0 Å². The summed E-state index contributed by atoms with van der Waals surface area (Å²) < 4.78 is 0. The predicted octanol–water partition coefficient (Wildman–Crippen LogP) is 3.87. The number of carbonyl (C=O) groups excluding carboxylic acids is 1. The lowest BCUT2D eigenvalue weighted by molar-refractivity contribution is -0.129. The van der Waals surface area contributed by atoms with Gasteiger partial charge in [0.05, 0.1) is 10.0 Å². The number of ketones is 1. The van der Waals surface area contributed by atoms with Crippen LogP contribution in [0.5, 0.6) is 0 Å². The first-order valence-corrected chi connectivity index (χ1v) is 6.58. The third-order valence-corrected chi connectivity index (χ3v) is 4.55. The minimum absolute atomic E-state index is 0.0548. The summed E-state index contributed by atoms with van der Waals surface area (Å²) in [5, 5.41) is 0.907. The average molecular weight is 288 g/mol. The Morgan fingerprint density at radius 2 is 1.78 bits per heavy atom. The standard InChI is InChI=1S/C14H19Cl2NO/c1-13(2,14(3,4)17)11(18)8-9-6-5-7-10(15)12(9)16/h5-7H,8,17H2,1-4H3. The van der Waals surface area contributed by atoms with Gasteiger partial charge in [-0.25, -0.2) is 0 Å². The van der Waals surface area contributed by atoms with Crippen LogP contribution in [0.3, 0.4) is 0 Å². The fraction of sp³-hybridized carbons (Fsp3) is 0.500. The van der Waals surface area contributed by atoms with Crippen LogP contribution < -0.4 is 5.73 Å². The molecule has 0 saturated heterocycles. The molecule has 0 bridgehead atoms. The quantitative estimate of drug-likeness (QED) is 0.914. The van der Waals surface area contributed by atoms with Crippen LogP contribution in [-0.4, -0.2) is 11.3 Å². The van der Waals surface area contributed by atoms with Gasteiger partial charge >= 0.3 is 0 Å². The van der Waals surface area contributed by atoms with Crippen molar-refractivity contribution >= 4 is 29.0 Å². The number of carbonyl (C=O) groups is 1. The lowest BCUT2D eigenvalue weighted by Crippen LogP contribution is -2.52. The Hall–Kier alpha value is -0.570. The van der Waals surface area contributed by atoms with Gasteiger partial charge in [0.25, 0.3) is 0 Å². The second kappa shape index (κ2) is 5.20. The third-order valence-electron chi connectivity index (χ3n) is 3.69. The van der Waals surface area contributed by atoms with Crippen LogP contribution in [0.2, 0.25) is 10.0 Å². The van der Waals surface area contributed by atoms with Crippen molar-refractivity contribution in [2.45, 2.75) is 39.7 Å². The molecule has 1 aromatic rings. The van der Waals surface area contributed by atoms with Crippen molar-refractivity contribution < 1.29 is 4.79 Å². The number of hydrogen-bond acceptors (Lipinski definition) is 2. The molecule has 0 aliphatic heterocycles. The number of Topliss-reactive ketones (excluding diaryl/α,β-unsaturated/α-hetero) is 1. The number of halogens is 2. The molecule has 0 aliphatic carbocycles. The van der Waals surface area contributed by atoms with Crippen molar-refractivity contribution in [1.29, 1.82) is 0 Å². The van der Waals surface area contributed by atoms with Gasteiger partial charge in [-0.1, -0.05) is 49.2 Å². The largest absolute Gasteiger partial charge is 0.325 e. The molecular formula is C14H19Cl2NO. The highest BCUT2D eigenvalue weighted by Crippen LogP contribution is 2.33. The Labute approximate surface area is 118 Å². The lowest BCUT2D eigenvalue weighted by Gasteiger charge is -2.37. The highest BCUT2D eigenvalue weighted by atomic mass is 35.5. The van der Waals surface area contributed by atoms with E-state index in [9.17, 15) is 4.79 Å². The van der Waals surface area contributed by atoms with Crippen molar-refractivity contribution in [1.82, 2.24) is 0 Å². The molecule has 0 amide bonds. The maximum atomic E-state index is 12.4. The molecule has 0 fully saturated rings. The number of benzene rings is 1. The summed E-state index contributed by atoms with van der Waals surface area (Å²) in [7, 11) is 0. The molecule has 0 aliphatic rings. The molecule has 0 heterocycles. The Balaban J connectivity index is 2.99. The van der Waals surface area contributed by atoms with Crippen LogP contribution >= 0.6 is 23.2 Å². The summed E-state index contributed by atoms with van der Waals surface area (Å²) in [5.74, 6) is 0.0548. The molecule has 0 saturated carbocycles. The van der Waals surface area contributed by atoms with Gasteiger partial charge in [-0.3, -0.25) is 4.79 Å². The van der Waals surface area contributed by atoms with Gasteiger partial charge in [-0.05, 0) is 25.5 Å². The first kappa shape index (κ1) is 15.5. The number of nitrogens with two attached hydrogens (primary N) is 1. The fourth-order valence-corrected chi connectivity index (χ4v) is 1.83. The van der Waals surface area contributed by atoms with E-state index in [4.69, 9.17) is 28.9 Å². The fourth-order valence-electron chi connectivity index (χ4n) is 1.44. The molecule has 0 atom stereocenters. The molecule has 2 nitrogen and oxygen atoms in total. The van der Waals surface area contributed by atoms with Crippen molar-refractivity contribution in [3.05, 3.63) is 33.8 Å². The Kier molecular flexibility index (Phi) is 4.47. The summed E-state index contributed by atoms with van der Waals surface area (Å²) in [5.41, 5.74) is 5.58. The molecule has 0 radical (unpaired) electrons. The maximum absolute atomic E-state index is 12.4. The second-order valence-electron chi connectivity index (χ2n) is 5.66. The molecule has 1 aromatic carbocycles. The van der Waals surface area contributed by atoms with E-state index in [1.807, 2.05) is 33.8 Å². The summed E-state index contributed by atoms with van der Waals surface area (Å²) in [6, 6.07) is 5.30. The zero-order chi connectivity index (χ0) is 14.1. The zero-order valence-corrected chi connectivity index (χ0v) is 12.7. The normalized spacial score (nSPS) is 12.6. The van der Waals surface area contributed by atoms with E-state index in [1.54, 1.807) is 12.1 Å². The van der Waals surface area contributed by atoms with E-state index in [0.717, 1.165) is 5.56 Å². The number of rotatable bonds is 4. The minimum atomic E-state index is -0.626. The lowest BCUT2D eigenvalue weighted by atomic mass is 9.71. The molecule has 1 rings (SSSR count). The highest BCUT2D eigenvalue weighted by molar-refractivity contribution is 6.42. The SMILES string of the molecule is CC(C)(N)C(C)(C)C(=O)Cc1cccc(Cl)c1Cl.